The molecule has 1 saturated heterocycles. The lowest BCUT2D eigenvalue weighted by molar-refractivity contribution is 0.0574. The van der Waals surface area contributed by atoms with Gasteiger partial charge in [-0.05, 0) is 31.0 Å². The number of anilines is 2. The monoisotopic (exact) mass is 333 g/mol. The van der Waals surface area contributed by atoms with Gasteiger partial charge in [0, 0.05) is 37.1 Å². The van der Waals surface area contributed by atoms with E-state index in [-0.39, 0.29) is 5.54 Å². The fraction of sp³-hybridized carbons (Fsp3) is 0.375. The number of rotatable bonds is 4. The van der Waals surface area contributed by atoms with E-state index in [2.05, 4.69) is 15.3 Å². The standard InChI is InChI=1S/C16H20ClN5O/c17-12-9-20-14(18)8-11(12)13-2-1-3-15(22-13)21-10-16(19)4-6-23-7-5-16/h1-3,8-9H,4-7,10,19H2,(H2,18,20)(H,21,22). The number of hydrogen-bond donors (Lipinski definition) is 3. The van der Waals surface area contributed by atoms with Crippen LogP contribution in [0.5, 0.6) is 0 Å². The number of aromatic nitrogens is 2. The second-order valence-electron chi connectivity index (χ2n) is 5.83. The highest BCUT2D eigenvalue weighted by atomic mass is 35.5. The molecule has 2 aromatic rings. The Labute approximate surface area is 140 Å². The van der Waals surface area contributed by atoms with Gasteiger partial charge in [-0.2, -0.15) is 0 Å². The highest BCUT2D eigenvalue weighted by Gasteiger charge is 2.27. The van der Waals surface area contributed by atoms with Crippen molar-refractivity contribution in [3.63, 3.8) is 0 Å². The van der Waals surface area contributed by atoms with Crippen LogP contribution < -0.4 is 16.8 Å². The maximum atomic E-state index is 6.38. The lowest BCUT2D eigenvalue weighted by Crippen LogP contribution is -2.50. The number of ether oxygens (including phenoxy) is 1. The van der Waals surface area contributed by atoms with Crippen LogP contribution in [0.4, 0.5) is 11.6 Å². The molecule has 23 heavy (non-hydrogen) atoms. The molecule has 0 spiro atoms. The first kappa shape index (κ1) is 16.0. The Bertz CT molecular complexity index is 688. The lowest BCUT2D eigenvalue weighted by Gasteiger charge is -2.33. The number of hydrogen-bond acceptors (Lipinski definition) is 6. The molecule has 0 atom stereocenters. The highest BCUT2D eigenvalue weighted by molar-refractivity contribution is 6.33. The molecule has 0 aromatic carbocycles. The third-order valence-corrected chi connectivity index (χ3v) is 4.31. The molecule has 0 saturated carbocycles. The van der Waals surface area contributed by atoms with Crippen LogP contribution in [-0.4, -0.2) is 35.3 Å². The Morgan fingerprint density at radius 2 is 2.09 bits per heavy atom. The average Bonchev–Trinajstić information content (AvgIpc) is 2.56. The van der Waals surface area contributed by atoms with Gasteiger partial charge in [-0.3, -0.25) is 0 Å². The second-order valence-corrected chi connectivity index (χ2v) is 6.23. The third-order valence-electron chi connectivity index (χ3n) is 4.01. The molecular weight excluding hydrogens is 314 g/mol. The summed E-state index contributed by atoms with van der Waals surface area (Å²) in [6.45, 7) is 2.06. The van der Waals surface area contributed by atoms with E-state index in [9.17, 15) is 0 Å². The zero-order valence-electron chi connectivity index (χ0n) is 12.8. The van der Waals surface area contributed by atoms with Gasteiger partial charge in [0.1, 0.15) is 11.6 Å². The maximum absolute atomic E-state index is 6.38. The fourth-order valence-electron chi connectivity index (χ4n) is 2.56. The Kier molecular flexibility index (Phi) is 4.66. The third kappa shape index (κ3) is 3.90. The molecule has 7 heteroatoms. The summed E-state index contributed by atoms with van der Waals surface area (Å²) in [5, 5.41) is 3.83. The van der Waals surface area contributed by atoms with Crippen molar-refractivity contribution in [2.75, 3.05) is 30.8 Å². The summed E-state index contributed by atoms with van der Waals surface area (Å²) in [5.74, 6) is 1.16. The van der Waals surface area contributed by atoms with Crippen molar-refractivity contribution in [2.24, 2.45) is 5.73 Å². The van der Waals surface area contributed by atoms with Gasteiger partial charge in [0.15, 0.2) is 0 Å². The largest absolute Gasteiger partial charge is 0.384 e. The summed E-state index contributed by atoms with van der Waals surface area (Å²) < 4.78 is 5.36. The summed E-state index contributed by atoms with van der Waals surface area (Å²) in [4.78, 5) is 8.56. The fourth-order valence-corrected chi connectivity index (χ4v) is 2.76. The smallest absolute Gasteiger partial charge is 0.126 e. The summed E-state index contributed by atoms with van der Waals surface area (Å²) >= 11 is 6.19. The number of nitrogen functional groups attached to an aromatic ring is 1. The van der Waals surface area contributed by atoms with Crippen LogP contribution in [-0.2, 0) is 4.74 Å². The molecule has 0 unspecified atom stereocenters. The Balaban J connectivity index is 1.76. The van der Waals surface area contributed by atoms with E-state index in [1.165, 1.54) is 6.20 Å². The van der Waals surface area contributed by atoms with Gasteiger partial charge in [0.2, 0.25) is 0 Å². The SMILES string of the molecule is Nc1cc(-c2cccc(NCC3(N)CCOCC3)n2)c(Cl)cn1. The lowest BCUT2D eigenvalue weighted by atomic mass is 9.91. The van der Waals surface area contributed by atoms with Crippen molar-refractivity contribution in [1.82, 2.24) is 9.97 Å². The number of nitrogens with two attached hydrogens (primary N) is 2. The Hall–Kier alpha value is -1.89. The molecule has 0 radical (unpaired) electrons. The first-order valence-corrected chi connectivity index (χ1v) is 7.92. The summed E-state index contributed by atoms with van der Waals surface area (Å²) in [5.41, 5.74) is 13.4. The number of nitrogens with zero attached hydrogens (tertiary/aromatic N) is 2. The van der Waals surface area contributed by atoms with Crippen molar-refractivity contribution >= 4 is 23.2 Å². The summed E-state index contributed by atoms with van der Waals surface area (Å²) in [7, 11) is 0. The molecule has 1 aliphatic rings. The van der Waals surface area contributed by atoms with Gasteiger partial charge >= 0.3 is 0 Å². The first-order valence-electron chi connectivity index (χ1n) is 7.55. The molecule has 0 bridgehead atoms. The Morgan fingerprint density at radius 1 is 1.30 bits per heavy atom. The average molecular weight is 334 g/mol. The van der Waals surface area contributed by atoms with Crippen LogP contribution in [0, 0.1) is 0 Å². The Morgan fingerprint density at radius 3 is 2.87 bits per heavy atom. The number of halogens is 1. The minimum atomic E-state index is -0.255. The number of pyridine rings is 2. The van der Waals surface area contributed by atoms with Crippen LogP contribution in [0.2, 0.25) is 5.02 Å². The van der Waals surface area contributed by atoms with E-state index in [4.69, 9.17) is 27.8 Å². The topological polar surface area (TPSA) is 99.1 Å². The molecule has 3 rings (SSSR count). The molecule has 3 heterocycles. The summed E-state index contributed by atoms with van der Waals surface area (Å²) in [6.07, 6.45) is 3.21. The van der Waals surface area contributed by atoms with E-state index < -0.39 is 0 Å². The molecule has 1 fully saturated rings. The van der Waals surface area contributed by atoms with Crippen LogP contribution in [0.1, 0.15) is 12.8 Å². The van der Waals surface area contributed by atoms with E-state index in [0.29, 0.717) is 30.6 Å². The predicted octanol–water partition coefficient (Wildman–Crippen LogP) is 2.30. The van der Waals surface area contributed by atoms with Gasteiger partial charge in [0.25, 0.3) is 0 Å². The quantitative estimate of drug-likeness (QED) is 0.794. The molecular formula is C16H20ClN5O. The number of nitrogens with one attached hydrogen (secondary N) is 1. The highest BCUT2D eigenvalue weighted by Crippen LogP contribution is 2.28. The second kappa shape index (κ2) is 6.70. The normalized spacial score (nSPS) is 17.0. The van der Waals surface area contributed by atoms with Crippen molar-refractivity contribution < 1.29 is 4.74 Å². The van der Waals surface area contributed by atoms with Gasteiger partial charge in [-0.15, -0.1) is 0 Å². The zero-order valence-corrected chi connectivity index (χ0v) is 13.5. The molecule has 122 valence electrons. The van der Waals surface area contributed by atoms with E-state index in [0.717, 1.165) is 29.9 Å². The predicted molar refractivity (Wildman–Crippen MR) is 92.4 cm³/mol. The van der Waals surface area contributed by atoms with Crippen LogP contribution in [0.25, 0.3) is 11.3 Å². The van der Waals surface area contributed by atoms with E-state index >= 15 is 0 Å². The molecule has 0 aliphatic carbocycles. The summed E-state index contributed by atoms with van der Waals surface area (Å²) in [6, 6.07) is 7.44. The van der Waals surface area contributed by atoms with Gasteiger partial charge < -0.3 is 21.5 Å². The van der Waals surface area contributed by atoms with Crippen molar-refractivity contribution in [2.45, 2.75) is 18.4 Å². The molecule has 0 amide bonds. The van der Waals surface area contributed by atoms with Crippen LogP contribution >= 0.6 is 11.6 Å². The zero-order chi connectivity index (χ0) is 16.3. The minimum absolute atomic E-state index is 0.255. The van der Waals surface area contributed by atoms with Crippen LogP contribution in [0.3, 0.4) is 0 Å². The minimum Gasteiger partial charge on any atom is -0.384 e. The van der Waals surface area contributed by atoms with Gasteiger partial charge in [-0.1, -0.05) is 17.7 Å². The van der Waals surface area contributed by atoms with Gasteiger partial charge in [-0.25, -0.2) is 9.97 Å². The maximum Gasteiger partial charge on any atom is 0.126 e. The molecule has 6 nitrogen and oxygen atoms in total. The van der Waals surface area contributed by atoms with Crippen molar-refractivity contribution in [3.05, 3.63) is 35.5 Å². The van der Waals surface area contributed by atoms with E-state index in [1.807, 2.05) is 18.2 Å². The van der Waals surface area contributed by atoms with Crippen molar-refractivity contribution in [1.29, 1.82) is 0 Å². The molecule has 5 N–H and O–H groups in total. The molecule has 1 aliphatic heterocycles. The van der Waals surface area contributed by atoms with E-state index in [1.54, 1.807) is 6.07 Å². The first-order chi connectivity index (χ1) is 11.1. The van der Waals surface area contributed by atoms with Crippen LogP contribution in [0.15, 0.2) is 30.5 Å². The van der Waals surface area contributed by atoms with Gasteiger partial charge in [0.05, 0.1) is 10.7 Å². The molecule has 2 aromatic heterocycles. The van der Waals surface area contributed by atoms with Crippen molar-refractivity contribution in [3.8, 4) is 11.3 Å².